The number of amides is 2. The summed E-state index contributed by atoms with van der Waals surface area (Å²) in [7, 11) is 3.39. The van der Waals surface area contributed by atoms with Crippen LogP contribution in [0, 0.1) is 6.92 Å². The van der Waals surface area contributed by atoms with E-state index in [1.54, 1.807) is 55.3 Å². The molecule has 0 spiro atoms. The summed E-state index contributed by atoms with van der Waals surface area (Å²) in [6, 6.07) is 8.40. The van der Waals surface area contributed by atoms with Gasteiger partial charge in [0.15, 0.2) is 6.73 Å². The number of nitrogens with one attached hydrogen (secondary N) is 2. The molecule has 0 atom stereocenters. The van der Waals surface area contributed by atoms with E-state index in [4.69, 9.17) is 16.3 Å². The normalized spacial score (nSPS) is 10.8. The molecule has 12 heteroatoms. The highest BCUT2D eigenvalue weighted by atomic mass is 35.5. The molecule has 3 aromatic heterocycles. The zero-order valence-electron chi connectivity index (χ0n) is 18.1. The Balaban J connectivity index is 1.47. The quantitative estimate of drug-likeness (QED) is 0.430. The van der Waals surface area contributed by atoms with E-state index >= 15 is 0 Å². The largest absolute Gasteiger partial charge is 0.471 e. The molecule has 4 aromatic rings. The van der Waals surface area contributed by atoms with Crippen molar-refractivity contribution in [2.24, 2.45) is 14.1 Å². The first-order valence-electron chi connectivity index (χ1n) is 9.87. The van der Waals surface area contributed by atoms with Crippen LogP contribution in [-0.4, -0.2) is 41.2 Å². The number of anilines is 2. The molecule has 33 heavy (non-hydrogen) atoms. The number of aryl methyl sites for hydroxylation is 2. The zero-order valence-corrected chi connectivity index (χ0v) is 18.9. The van der Waals surface area contributed by atoms with Gasteiger partial charge in [0, 0.05) is 25.3 Å². The van der Waals surface area contributed by atoms with E-state index in [1.807, 2.05) is 6.92 Å². The van der Waals surface area contributed by atoms with Crippen LogP contribution in [0.5, 0.6) is 5.75 Å². The average molecular weight is 469 g/mol. The van der Waals surface area contributed by atoms with Crippen LogP contribution in [0.2, 0.25) is 5.02 Å². The Kier molecular flexibility index (Phi) is 6.13. The van der Waals surface area contributed by atoms with Gasteiger partial charge in [-0.2, -0.15) is 15.3 Å². The van der Waals surface area contributed by atoms with Crippen LogP contribution in [0.25, 0.3) is 0 Å². The van der Waals surface area contributed by atoms with E-state index in [1.165, 1.54) is 21.8 Å². The highest BCUT2D eigenvalue weighted by Gasteiger charge is 2.22. The molecule has 0 aliphatic rings. The van der Waals surface area contributed by atoms with Gasteiger partial charge in [0.05, 0.1) is 29.5 Å². The van der Waals surface area contributed by atoms with Crippen molar-refractivity contribution in [1.82, 2.24) is 29.3 Å². The summed E-state index contributed by atoms with van der Waals surface area (Å²) in [5.41, 5.74) is 2.06. The molecule has 0 unspecified atom stereocenters. The van der Waals surface area contributed by atoms with E-state index in [0.29, 0.717) is 16.5 Å². The molecule has 170 valence electrons. The number of hydrogen-bond acceptors (Lipinski definition) is 6. The van der Waals surface area contributed by atoms with Crippen molar-refractivity contribution < 1.29 is 14.3 Å². The highest BCUT2D eigenvalue weighted by Crippen LogP contribution is 2.20. The fraction of sp³-hybridized carbons (Fsp3) is 0.190. The second-order valence-corrected chi connectivity index (χ2v) is 7.59. The van der Waals surface area contributed by atoms with Crippen molar-refractivity contribution in [2.45, 2.75) is 13.7 Å². The number of benzene rings is 1. The van der Waals surface area contributed by atoms with Gasteiger partial charge in [-0.3, -0.25) is 19.0 Å². The highest BCUT2D eigenvalue weighted by molar-refractivity contribution is 6.30. The molecule has 0 aliphatic heterocycles. The van der Waals surface area contributed by atoms with Gasteiger partial charge in [-0.05, 0) is 37.3 Å². The Morgan fingerprint density at radius 3 is 2.30 bits per heavy atom. The lowest BCUT2D eigenvalue weighted by Gasteiger charge is -2.11. The van der Waals surface area contributed by atoms with Crippen molar-refractivity contribution >= 4 is 34.8 Å². The lowest BCUT2D eigenvalue weighted by molar-refractivity contribution is 0.100. The maximum atomic E-state index is 12.9. The van der Waals surface area contributed by atoms with Gasteiger partial charge < -0.3 is 15.4 Å². The SMILES string of the molecule is Cc1c(NC(=O)c2c(NC(=O)c3ccnn3COc3ccc(Cl)cc3)cnn2C)cnn1C. The smallest absolute Gasteiger partial charge is 0.276 e. The number of carbonyl (C=O) groups is 2. The molecule has 0 saturated heterocycles. The first-order chi connectivity index (χ1) is 15.8. The van der Waals surface area contributed by atoms with E-state index in [0.717, 1.165) is 5.69 Å². The van der Waals surface area contributed by atoms with Gasteiger partial charge in [0.1, 0.15) is 17.1 Å². The van der Waals surface area contributed by atoms with E-state index in [2.05, 4.69) is 25.9 Å². The summed E-state index contributed by atoms with van der Waals surface area (Å²) in [6.45, 7) is 1.85. The number of halogens is 1. The van der Waals surface area contributed by atoms with Gasteiger partial charge in [-0.1, -0.05) is 11.6 Å². The Morgan fingerprint density at radius 2 is 1.61 bits per heavy atom. The third kappa shape index (κ3) is 4.72. The van der Waals surface area contributed by atoms with E-state index < -0.39 is 11.8 Å². The fourth-order valence-electron chi connectivity index (χ4n) is 3.08. The molecule has 4 rings (SSSR count). The molecule has 2 amide bonds. The standard InChI is InChI=1S/C21H21ClN8O3/c1-13-16(10-24-28(13)2)26-21(32)19-17(11-25-29(19)3)27-20(31)18-8-9-23-30(18)12-33-15-6-4-14(22)5-7-15/h4-11H,12H2,1-3H3,(H,26,32)(H,27,31). The number of rotatable bonds is 7. The summed E-state index contributed by atoms with van der Waals surface area (Å²) in [5.74, 6) is -0.314. The molecule has 0 radical (unpaired) electrons. The minimum absolute atomic E-state index is 0.0120. The number of nitrogens with zero attached hydrogens (tertiary/aromatic N) is 6. The molecule has 0 fully saturated rings. The number of hydrogen-bond donors (Lipinski definition) is 2. The van der Waals surface area contributed by atoms with Gasteiger partial charge in [0.25, 0.3) is 11.8 Å². The maximum absolute atomic E-state index is 12.9. The molecule has 2 N–H and O–H groups in total. The zero-order chi connectivity index (χ0) is 23.5. The summed E-state index contributed by atoms with van der Waals surface area (Å²) in [4.78, 5) is 25.8. The topological polar surface area (TPSA) is 121 Å². The summed E-state index contributed by atoms with van der Waals surface area (Å²) >= 11 is 5.88. The minimum atomic E-state index is -0.466. The van der Waals surface area contributed by atoms with Gasteiger partial charge in [-0.25, -0.2) is 4.68 Å². The van der Waals surface area contributed by atoms with Gasteiger partial charge >= 0.3 is 0 Å². The molecule has 1 aromatic carbocycles. The van der Waals surface area contributed by atoms with Gasteiger partial charge in [0.2, 0.25) is 0 Å². The second-order valence-electron chi connectivity index (χ2n) is 7.15. The maximum Gasteiger partial charge on any atom is 0.276 e. The molecule has 11 nitrogen and oxygen atoms in total. The number of carbonyl (C=O) groups excluding carboxylic acids is 2. The summed E-state index contributed by atoms with van der Waals surface area (Å²) in [6.07, 6.45) is 4.46. The first-order valence-corrected chi connectivity index (χ1v) is 10.2. The predicted molar refractivity (Wildman–Crippen MR) is 121 cm³/mol. The Hall–Kier alpha value is -4.12. The van der Waals surface area contributed by atoms with Crippen molar-refractivity contribution in [1.29, 1.82) is 0 Å². The Morgan fingerprint density at radius 1 is 0.939 bits per heavy atom. The van der Waals surface area contributed by atoms with Crippen LogP contribution < -0.4 is 15.4 Å². The van der Waals surface area contributed by atoms with Crippen molar-refractivity contribution in [3.05, 3.63) is 71.0 Å². The first kappa shape index (κ1) is 22.1. The van der Waals surface area contributed by atoms with Crippen LogP contribution in [0.4, 0.5) is 11.4 Å². The summed E-state index contributed by atoms with van der Waals surface area (Å²) < 4.78 is 10.1. The van der Waals surface area contributed by atoms with Crippen molar-refractivity contribution in [3.63, 3.8) is 0 Å². The Labute approximate surface area is 193 Å². The molecule has 0 aliphatic carbocycles. The van der Waals surface area contributed by atoms with Crippen LogP contribution in [0.1, 0.15) is 26.7 Å². The van der Waals surface area contributed by atoms with Crippen LogP contribution in [0.3, 0.4) is 0 Å². The number of ether oxygens (including phenoxy) is 1. The van der Waals surface area contributed by atoms with Crippen molar-refractivity contribution in [3.8, 4) is 5.75 Å². The molecule has 0 bridgehead atoms. The fourth-order valence-corrected chi connectivity index (χ4v) is 3.21. The number of aromatic nitrogens is 6. The monoisotopic (exact) mass is 468 g/mol. The molecular weight excluding hydrogens is 448 g/mol. The molecular formula is C21H21ClN8O3. The van der Waals surface area contributed by atoms with E-state index in [-0.39, 0.29) is 23.8 Å². The third-order valence-corrected chi connectivity index (χ3v) is 5.25. The van der Waals surface area contributed by atoms with Crippen molar-refractivity contribution in [2.75, 3.05) is 10.6 Å². The van der Waals surface area contributed by atoms with E-state index in [9.17, 15) is 9.59 Å². The lowest BCUT2D eigenvalue weighted by Crippen LogP contribution is -2.22. The third-order valence-electron chi connectivity index (χ3n) is 5.00. The minimum Gasteiger partial charge on any atom is -0.471 e. The molecule has 0 saturated carbocycles. The second kappa shape index (κ2) is 9.17. The molecule has 3 heterocycles. The lowest BCUT2D eigenvalue weighted by atomic mass is 10.3. The van der Waals surface area contributed by atoms with Crippen LogP contribution in [-0.2, 0) is 20.8 Å². The van der Waals surface area contributed by atoms with Crippen LogP contribution in [0.15, 0.2) is 48.9 Å². The summed E-state index contributed by atoms with van der Waals surface area (Å²) in [5, 5.41) is 18.5. The van der Waals surface area contributed by atoms with Crippen LogP contribution >= 0.6 is 11.6 Å². The van der Waals surface area contributed by atoms with Gasteiger partial charge in [-0.15, -0.1) is 0 Å². The predicted octanol–water partition coefficient (Wildman–Crippen LogP) is 2.85. The average Bonchev–Trinajstić information content (AvgIpc) is 3.49. The Bertz CT molecular complexity index is 1310.